The van der Waals surface area contributed by atoms with Gasteiger partial charge >= 0.3 is 5.97 Å². The number of hydrogen-bond donors (Lipinski definition) is 2. The Labute approximate surface area is 52.1 Å². The zero-order valence-electron chi connectivity index (χ0n) is 4.78. The van der Waals surface area contributed by atoms with Crippen molar-refractivity contribution in [2.75, 3.05) is 0 Å². The number of aliphatic hydroxyl groups is 2. The molecule has 1 saturated heterocycles. The van der Waals surface area contributed by atoms with Crippen molar-refractivity contribution in [2.45, 2.75) is 25.2 Å². The first kappa shape index (κ1) is 6.51. The minimum Gasteiger partial charge on any atom is -0.436 e. The molecule has 2 atom stereocenters. The third-order valence-electron chi connectivity index (χ3n) is 1.14. The van der Waals surface area contributed by atoms with Gasteiger partial charge in [-0.2, -0.15) is 0 Å². The van der Waals surface area contributed by atoms with Crippen LogP contribution in [0, 0.1) is 0 Å². The molecule has 0 spiro atoms. The van der Waals surface area contributed by atoms with Crippen LogP contribution in [0.5, 0.6) is 0 Å². The second-order valence-electron chi connectivity index (χ2n) is 2.04. The molecule has 0 unspecified atom stereocenters. The topological polar surface area (TPSA) is 66.8 Å². The molecule has 0 aliphatic carbocycles. The molecule has 0 bridgehead atoms. The van der Waals surface area contributed by atoms with E-state index in [0.29, 0.717) is 0 Å². The molecular formula is C5H8O4. The fourth-order valence-electron chi connectivity index (χ4n) is 0.756. The van der Waals surface area contributed by atoms with Gasteiger partial charge in [0.25, 0.3) is 0 Å². The summed E-state index contributed by atoms with van der Waals surface area (Å²) in [5.41, 5.74) is 0. The summed E-state index contributed by atoms with van der Waals surface area (Å²) in [7, 11) is 0. The molecule has 2 N–H and O–H groups in total. The molecule has 0 aromatic heterocycles. The van der Waals surface area contributed by atoms with E-state index < -0.39 is 18.4 Å². The van der Waals surface area contributed by atoms with E-state index in [2.05, 4.69) is 4.74 Å². The third-order valence-corrected chi connectivity index (χ3v) is 1.14. The second-order valence-corrected chi connectivity index (χ2v) is 2.04. The Bertz CT molecular complexity index is 110. The summed E-state index contributed by atoms with van der Waals surface area (Å²) in [6, 6.07) is 0. The SMILES string of the molecule is O=C1C[C@H](O)C[C@@H](O)O1. The van der Waals surface area contributed by atoms with Gasteiger partial charge < -0.3 is 14.9 Å². The molecule has 4 heteroatoms. The molecule has 0 saturated carbocycles. The summed E-state index contributed by atoms with van der Waals surface area (Å²) in [6.07, 6.45) is -1.72. The standard InChI is InChI=1S/C5H8O4/c6-3-1-4(7)9-5(8)2-3/h3-4,6-7H,1-2H2/t3-,4+/m1/s1. The molecule has 1 rings (SSSR count). The van der Waals surface area contributed by atoms with Gasteiger partial charge in [0.2, 0.25) is 6.29 Å². The lowest BCUT2D eigenvalue weighted by Crippen LogP contribution is -2.32. The molecule has 1 aliphatic rings. The molecule has 1 heterocycles. The van der Waals surface area contributed by atoms with Crippen molar-refractivity contribution in [1.29, 1.82) is 0 Å². The highest BCUT2D eigenvalue weighted by Crippen LogP contribution is 2.11. The number of esters is 1. The van der Waals surface area contributed by atoms with E-state index in [0.717, 1.165) is 0 Å². The molecule has 0 aromatic carbocycles. The highest BCUT2D eigenvalue weighted by Gasteiger charge is 2.24. The van der Waals surface area contributed by atoms with Crippen molar-refractivity contribution in [3.05, 3.63) is 0 Å². The van der Waals surface area contributed by atoms with Crippen LogP contribution in [0.1, 0.15) is 12.8 Å². The van der Waals surface area contributed by atoms with Crippen molar-refractivity contribution in [1.82, 2.24) is 0 Å². The lowest BCUT2D eigenvalue weighted by atomic mass is 10.1. The Morgan fingerprint density at radius 1 is 1.56 bits per heavy atom. The summed E-state index contributed by atoms with van der Waals surface area (Å²) in [6.45, 7) is 0. The van der Waals surface area contributed by atoms with Gasteiger partial charge in [0, 0.05) is 6.42 Å². The van der Waals surface area contributed by atoms with E-state index in [1.165, 1.54) is 0 Å². The normalized spacial score (nSPS) is 36.0. The summed E-state index contributed by atoms with van der Waals surface area (Å²) in [5.74, 6) is -0.541. The average Bonchev–Trinajstić information content (AvgIpc) is 1.59. The summed E-state index contributed by atoms with van der Waals surface area (Å²) in [5, 5.41) is 17.4. The van der Waals surface area contributed by atoms with E-state index in [1.54, 1.807) is 0 Å². The van der Waals surface area contributed by atoms with E-state index in [1.807, 2.05) is 0 Å². The molecule has 52 valence electrons. The fourth-order valence-corrected chi connectivity index (χ4v) is 0.756. The summed E-state index contributed by atoms with van der Waals surface area (Å²) >= 11 is 0. The van der Waals surface area contributed by atoms with Gasteiger partial charge in [-0.05, 0) is 0 Å². The minimum atomic E-state index is -1.11. The zero-order valence-corrected chi connectivity index (χ0v) is 4.78. The molecule has 4 nitrogen and oxygen atoms in total. The Hall–Kier alpha value is -0.610. The van der Waals surface area contributed by atoms with Crippen molar-refractivity contribution in [3.8, 4) is 0 Å². The maximum atomic E-state index is 10.3. The van der Waals surface area contributed by atoms with Crippen LogP contribution in [0.25, 0.3) is 0 Å². The Kier molecular flexibility index (Phi) is 1.68. The second kappa shape index (κ2) is 2.33. The highest BCUT2D eigenvalue weighted by molar-refractivity contribution is 5.70. The van der Waals surface area contributed by atoms with Gasteiger partial charge in [0.1, 0.15) is 0 Å². The summed E-state index contributed by atoms with van der Waals surface area (Å²) in [4.78, 5) is 10.3. The van der Waals surface area contributed by atoms with Crippen LogP contribution in [-0.2, 0) is 9.53 Å². The van der Waals surface area contributed by atoms with Gasteiger partial charge in [0.15, 0.2) is 0 Å². The molecule has 0 aromatic rings. The van der Waals surface area contributed by atoms with Gasteiger partial charge in [-0.15, -0.1) is 0 Å². The van der Waals surface area contributed by atoms with Crippen LogP contribution in [0.2, 0.25) is 0 Å². The van der Waals surface area contributed by atoms with Crippen molar-refractivity contribution < 1.29 is 19.7 Å². The van der Waals surface area contributed by atoms with Crippen molar-refractivity contribution in [3.63, 3.8) is 0 Å². The number of carbonyl (C=O) groups is 1. The van der Waals surface area contributed by atoms with Crippen LogP contribution in [-0.4, -0.2) is 28.6 Å². The van der Waals surface area contributed by atoms with Gasteiger partial charge in [-0.3, -0.25) is 4.79 Å². The molecule has 9 heavy (non-hydrogen) atoms. The Balaban J connectivity index is 2.43. The van der Waals surface area contributed by atoms with Crippen LogP contribution in [0.3, 0.4) is 0 Å². The predicted molar refractivity (Wildman–Crippen MR) is 27.3 cm³/mol. The minimum absolute atomic E-state index is 0.00292. The molecule has 1 aliphatic heterocycles. The van der Waals surface area contributed by atoms with Crippen LogP contribution in [0.15, 0.2) is 0 Å². The van der Waals surface area contributed by atoms with Gasteiger partial charge in [-0.1, -0.05) is 0 Å². The lowest BCUT2D eigenvalue weighted by Gasteiger charge is -2.20. The van der Waals surface area contributed by atoms with Gasteiger partial charge in [0.05, 0.1) is 12.5 Å². The highest BCUT2D eigenvalue weighted by atomic mass is 16.6. The predicted octanol–water partition coefficient (Wildman–Crippen LogP) is -0.997. The average molecular weight is 132 g/mol. The van der Waals surface area contributed by atoms with Gasteiger partial charge in [-0.25, -0.2) is 0 Å². The fraction of sp³-hybridized carbons (Fsp3) is 0.800. The number of hydrogen-bond acceptors (Lipinski definition) is 4. The first-order chi connectivity index (χ1) is 4.18. The van der Waals surface area contributed by atoms with E-state index in [4.69, 9.17) is 10.2 Å². The Morgan fingerprint density at radius 3 is 2.67 bits per heavy atom. The van der Waals surface area contributed by atoms with Crippen LogP contribution >= 0.6 is 0 Å². The van der Waals surface area contributed by atoms with Crippen molar-refractivity contribution >= 4 is 5.97 Å². The lowest BCUT2D eigenvalue weighted by molar-refractivity contribution is -0.185. The molecule has 0 amide bonds. The van der Waals surface area contributed by atoms with E-state index >= 15 is 0 Å². The zero-order chi connectivity index (χ0) is 6.85. The molecule has 0 radical (unpaired) electrons. The molecular weight excluding hydrogens is 124 g/mol. The monoisotopic (exact) mass is 132 g/mol. The largest absolute Gasteiger partial charge is 0.436 e. The first-order valence-electron chi connectivity index (χ1n) is 2.74. The molecule has 1 fully saturated rings. The van der Waals surface area contributed by atoms with E-state index in [9.17, 15) is 4.79 Å². The first-order valence-corrected chi connectivity index (χ1v) is 2.74. The maximum Gasteiger partial charge on any atom is 0.310 e. The Morgan fingerprint density at radius 2 is 2.22 bits per heavy atom. The van der Waals surface area contributed by atoms with Crippen LogP contribution < -0.4 is 0 Å². The number of aliphatic hydroxyl groups excluding tert-OH is 2. The smallest absolute Gasteiger partial charge is 0.310 e. The van der Waals surface area contributed by atoms with Crippen LogP contribution in [0.4, 0.5) is 0 Å². The number of rotatable bonds is 0. The summed E-state index contributed by atoms with van der Waals surface area (Å²) < 4.78 is 4.31. The number of carbonyl (C=O) groups excluding carboxylic acids is 1. The number of cyclic esters (lactones) is 1. The van der Waals surface area contributed by atoms with E-state index in [-0.39, 0.29) is 12.8 Å². The van der Waals surface area contributed by atoms with Crippen molar-refractivity contribution in [2.24, 2.45) is 0 Å². The third kappa shape index (κ3) is 1.65. The maximum absolute atomic E-state index is 10.3. The number of ether oxygens (including phenoxy) is 1. The quantitative estimate of drug-likeness (QED) is 0.415.